The molecule has 0 aromatic carbocycles. The number of rotatable bonds is 5. The summed E-state index contributed by atoms with van der Waals surface area (Å²) in [5.41, 5.74) is -0.0993. The van der Waals surface area contributed by atoms with Crippen LogP contribution in [0.15, 0.2) is 0 Å². The van der Waals surface area contributed by atoms with Crippen molar-refractivity contribution in [3.8, 4) is 0 Å². The SMILES string of the molecule is CC(C)c1nc2n(n1)CC(NC(=O)NC(CCO)C(C)(C)C)CC2. The first-order chi connectivity index (χ1) is 11.2. The van der Waals surface area contributed by atoms with Gasteiger partial charge in [0, 0.05) is 25.0 Å². The van der Waals surface area contributed by atoms with Gasteiger partial charge in [0.2, 0.25) is 0 Å². The van der Waals surface area contributed by atoms with Gasteiger partial charge < -0.3 is 15.7 Å². The van der Waals surface area contributed by atoms with E-state index < -0.39 is 0 Å². The van der Waals surface area contributed by atoms with Crippen LogP contribution in [0, 0.1) is 5.41 Å². The number of hydrogen-bond acceptors (Lipinski definition) is 4. The molecule has 0 radical (unpaired) electrons. The van der Waals surface area contributed by atoms with E-state index in [-0.39, 0.29) is 30.1 Å². The highest BCUT2D eigenvalue weighted by Crippen LogP contribution is 2.22. The fourth-order valence-electron chi connectivity index (χ4n) is 2.93. The van der Waals surface area contributed by atoms with Crippen LogP contribution in [-0.4, -0.2) is 44.6 Å². The zero-order valence-corrected chi connectivity index (χ0v) is 15.5. The van der Waals surface area contributed by atoms with E-state index in [9.17, 15) is 9.90 Å². The highest BCUT2D eigenvalue weighted by molar-refractivity contribution is 5.74. The van der Waals surface area contributed by atoms with Crippen molar-refractivity contribution < 1.29 is 9.90 Å². The van der Waals surface area contributed by atoms with Crippen molar-refractivity contribution in [3.63, 3.8) is 0 Å². The molecule has 0 spiro atoms. The van der Waals surface area contributed by atoms with Gasteiger partial charge in [-0.05, 0) is 18.3 Å². The molecular formula is C17H31N5O2. The van der Waals surface area contributed by atoms with Crippen molar-refractivity contribution in [2.45, 2.75) is 78.4 Å². The van der Waals surface area contributed by atoms with Gasteiger partial charge in [0.15, 0.2) is 5.82 Å². The molecule has 24 heavy (non-hydrogen) atoms. The molecule has 2 rings (SSSR count). The Bertz CT molecular complexity index is 562. The lowest BCUT2D eigenvalue weighted by Gasteiger charge is -2.32. The maximum atomic E-state index is 12.3. The van der Waals surface area contributed by atoms with Gasteiger partial charge >= 0.3 is 6.03 Å². The molecule has 0 saturated heterocycles. The van der Waals surface area contributed by atoms with E-state index in [1.807, 2.05) is 4.68 Å². The van der Waals surface area contributed by atoms with Gasteiger partial charge in [-0.2, -0.15) is 5.10 Å². The lowest BCUT2D eigenvalue weighted by molar-refractivity contribution is 0.185. The average molecular weight is 337 g/mol. The molecule has 2 amide bonds. The maximum Gasteiger partial charge on any atom is 0.315 e. The number of nitrogens with zero attached hydrogens (tertiary/aromatic N) is 3. The number of aliphatic hydroxyl groups is 1. The molecule has 7 nitrogen and oxygen atoms in total. The zero-order chi connectivity index (χ0) is 17.9. The van der Waals surface area contributed by atoms with Gasteiger partial charge in [0.1, 0.15) is 5.82 Å². The Morgan fingerprint density at radius 3 is 2.71 bits per heavy atom. The molecule has 136 valence electrons. The number of carbonyl (C=O) groups excluding carboxylic acids is 1. The molecule has 0 bridgehead atoms. The molecule has 2 atom stereocenters. The fourth-order valence-corrected chi connectivity index (χ4v) is 2.93. The molecule has 0 fully saturated rings. The quantitative estimate of drug-likeness (QED) is 0.764. The van der Waals surface area contributed by atoms with Gasteiger partial charge in [-0.3, -0.25) is 0 Å². The number of aliphatic hydroxyl groups excluding tert-OH is 1. The standard InChI is InChI=1S/C17H31N5O2/c1-11(2)15-20-14-7-6-12(10-22(14)21-15)18-16(24)19-13(8-9-23)17(3,4)5/h11-13,23H,6-10H2,1-5H3,(H2,18,19,24). The number of amides is 2. The highest BCUT2D eigenvalue weighted by Gasteiger charge is 2.28. The first-order valence-electron chi connectivity index (χ1n) is 8.82. The second-order valence-corrected chi connectivity index (χ2v) is 8.01. The van der Waals surface area contributed by atoms with Crippen molar-refractivity contribution in [1.29, 1.82) is 0 Å². The van der Waals surface area contributed by atoms with Crippen LogP contribution in [0.2, 0.25) is 0 Å². The Labute approximate surface area is 144 Å². The first kappa shape index (κ1) is 18.7. The summed E-state index contributed by atoms with van der Waals surface area (Å²) >= 11 is 0. The zero-order valence-electron chi connectivity index (χ0n) is 15.5. The third kappa shape index (κ3) is 4.69. The van der Waals surface area contributed by atoms with Gasteiger partial charge in [0.05, 0.1) is 12.6 Å². The van der Waals surface area contributed by atoms with E-state index in [1.54, 1.807) is 0 Å². The third-order valence-corrected chi connectivity index (χ3v) is 4.49. The van der Waals surface area contributed by atoms with Gasteiger partial charge in [0.25, 0.3) is 0 Å². The van der Waals surface area contributed by atoms with Gasteiger partial charge in [-0.15, -0.1) is 0 Å². The number of hydrogen-bond donors (Lipinski definition) is 3. The summed E-state index contributed by atoms with van der Waals surface area (Å²) in [7, 11) is 0. The molecule has 0 aliphatic carbocycles. The van der Waals surface area contributed by atoms with Crippen LogP contribution >= 0.6 is 0 Å². The Morgan fingerprint density at radius 2 is 2.12 bits per heavy atom. The number of fused-ring (bicyclic) bond motifs is 1. The molecule has 1 aliphatic rings. The summed E-state index contributed by atoms with van der Waals surface area (Å²) in [5, 5.41) is 19.8. The van der Waals surface area contributed by atoms with Crippen molar-refractivity contribution in [2.75, 3.05) is 6.61 Å². The lowest BCUT2D eigenvalue weighted by Crippen LogP contribution is -2.52. The van der Waals surface area contributed by atoms with Crippen molar-refractivity contribution in [2.24, 2.45) is 5.41 Å². The lowest BCUT2D eigenvalue weighted by atomic mass is 9.85. The molecule has 0 saturated carbocycles. The molecule has 1 aromatic heterocycles. The minimum atomic E-state index is -0.180. The second kappa shape index (κ2) is 7.51. The minimum Gasteiger partial charge on any atom is -0.396 e. The van der Waals surface area contributed by atoms with E-state index >= 15 is 0 Å². The smallest absolute Gasteiger partial charge is 0.315 e. The molecule has 2 heterocycles. The van der Waals surface area contributed by atoms with E-state index in [0.717, 1.165) is 24.5 Å². The number of nitrogens with one attached hydrogen (secondary N) is 2. The Kier molecular flexibility index (Phi) is 5.85. The predicted molar refractivity (Wildman–Crippen MR) is 92.8 cm³/mol. The average Bonchev–Trinajstić information content (AvgIpc) is 2.89. The van der Waals surface area contributed by atoms with Gasteiger partial charge in [-0.1, -0.05) is 34.6 Å². The molecule has 1 aliphatic heterocycles. The van der Waals surface area contributed by atoms with Gasteiger partial charge in [-0.25, -0.2) is 14.5 Å². The monoisotopic (exact) mass is 337 g/mol. The number of carbonyl (C=O) groups is 1. The summed E-state index contributed by atoms with van der Waals surface area (Å²) in [6.45, 7) is 11.1. The largest absolute Gasteiger partial charge is 0.396 e. The minimum absolute atomic E-state index is 0.0500. The Balaban J connectivity index is 1.93. The number of urea groups is 1. The van der Waals surface area contributed by atoms with E-state index in [1.165, 1.54) is 0 Å². The van der Waals surface area contributed by atoms with Crippen LogP contribution < -0.4 is 10.6 Å². The summed E-state index contributed by atoms with van der Waals surface area (Å²) < 4.78 is 1.92. The molecule has 3 N–H and O–H groups in total. The van der Waals surface area contributed by atoms with E-state index in [0.29, 0.717) is 18.9 Å². The highest BCUT2D eigenvalue weighted by atomic mass is 16.3. The Morgan fingerprint density at radius 1 is 1.42 bits per heavy atom. The second-order valence-electron chi connectivity index (χ2n) is 8.01. The molecule has 2 unspecified atom stereocenters. The van der Waals surface area contributed by atoms with Crippen molar-refractivity contribution in [1.82, 2.24) is 25.4 Å². The predicted octanol–water partition coefficient (Wildman–Crippen LogP) is 1.81. The van der Waals surface area contributed by atoms with E-state index in [2.05, 4.69) is 55.3 Å². The maximum absolute atomic E-state index is 12.3. The normalized spacial score (nSPS) is 19.0. The summed E-state index contributed by atoms with van der Waals surface area (Å²) in [4.78, 5) is 16.9. The number of aryl methyl sites for hydroxylation is 1. The molecule has 1 aromatic rings. The van der Waals surface area contributed by atoms with Crippen molar-refractivity contribution in [3.05, 3.63) is 11.6 Å². The van der Waals surface area contributed by atoms with Crippen molar-refractivity contribution >= 4 is 6.03 Å². The summed E-state index contributed by atoms with van der Waals surface area (Å²) in [5.74, 6) is 2.18. The van der Waals surface area contributed by atoms with Crippen LogP contribution in [-0.2, 0) is 13.0 Å². The van der Waals surface area contributed by atoms with E-state index in [4.69, 9.17) is 0 Å². The van der Waals surface area contributed by atoms with Crippen LogP contribution in [0.4, 0.5) is 4.79 Å². The molecular weight excluding hydrogens is 306 g/mol. The van der Waals surface area contributed by atoms with Crippen LogP contribution in [0.3, 0.4) is 0 Å². The van der Waals surface area contributed by atoms with Crippen LogP contribution in [0.1, 0.15) is 65.0 Å². The first-order valence-corrected chi connectivity index (χ1v) is 8.82. The summed E-state index contributed by atoms with van der Waals surface area (Å²) in [6.07, 6.45) is 2.24. The fraction of sp³-hybridized carbons (Fsp3) is 0.824. The molecule has 7 heteroatoms. The summed E-state index contributed by atoms with van der Waals surface area (Å²) in [6, 6.07) is -0.199. The Hall–Kier alpha value is -1.63. The third-order valence-electron chi connectivity index (χ3n) is 4.49. The number of aromatic nitrogens is 3. The van der Waals surface area contributed by atoms with Crippen LogP contribution in [0.25, 0.3) is 0 Å². The van der Waals surface area contributed by atoms with Crippen LogP contribution in [0.5, 0.6) is 0 Å². The topological polar surface area (TPSA) is 92.1 Å².